The second-order valence-electron chi connectivity index (χ2n) is 7.34. The van der Waals surface area contributed by atoms with Gasteiger partial charge in [-0.1, -0.05) is 12.1 Å². The first-order valence-corrected chi connectivity index (χ1v) is 10.9. The number of carbonyl (C=O) groups excluding carboxylic acids is 4. The van der Waals surface area contributed by atoms with E-state index in [4.69, 9.17) is 15.9 Å². The van der Waals surface area contributed by atoms with Gasteiger partial charge in [0.05, 0.1) is 10.5 Å². The molecule has 1 aromatic rings. The van der Waals surface area contributed by atoms with Gasteiger partial charge in [-0.15, -0.1) is 11.8 Å². The predicted octanol–water partition coefficient (Wildman–Crippen LogP) is -0.344. The van der Waals surface area contributed by atoms with Crippen molar-refractivity contribution in [3.63, 3.8) is 0 Å². The van der Waals surface area contributed by atoms with Crippen LogP contribution in [0.1, 0.15) is 40.5 Å². The Balaban J connectivity index is 2.19. The maximum absolute atomic E-state index is 12.9. The molecule has 13 heteroatoms. The summed E-state index contributed by atoms with van der Waals surface area (Å²) in [5, 5.41) is 32.1. The summed E-state index contributed by atoms with van der Waals surface area (Å²) >= 11 is 0.788. The standard InChI is InChI=1S/C21H23N3O9S/c1-9-17(29)10-3-2-4-13(25)16(10)18(30)19(9)34-8-12(20(31)23-7-15(27)28)24-14(26)6-5-11(22)21(32)33/h2-4,11-12,25H,5-8,22H2,1H3,(H,23,31)(H,24,26)(H,27,28)(H,32,33). The first-order valence-electron chi connectivity index (χ1n) is 9.96. The van der Waals surface area contributed by atoms with Gasteiger partial charge in [0, 0.05) is 23.3 Å². The van der Waals surface area contributed by atoms with E-state index in [-0.39, 0.29) is 45.9 Å². The van der Waals surface area contributed by atoms with Crippen LogP contribution in [0.5, 0.6) is 5.75 Å². The molecule has 1 aliphatic rings. The van der Waals surface area contributed by atoms with Gasteiger partial charge in [0.1, 0.15) is 24.4 Å². The molecule has 1 aromatic carbocycles. The molecule has 0 spiro atoms. The second-order valence-corrected chi connectivity index (χ2v) is 8.37. The van der Waals surface area contributed by atoms with Crippen LogP contribution in [0, 0.1) is 0 Å². The van der Waals surface area contributed by atoms with Gasteiger partial charge in [0.15, 0.2) is 5.78 Å². The Morgan fingerprint density at radius 1 is 1.12 bits per heavy atom. The fourth-order valence-electron chi connectivity index (χ4n) is 3.04. The highest BCUT2D eigenvalue weighted by molar-refractivity contribution is 8.04. The lowest BCUT2D eigenvalue weighted by atomic mass is 9.89. The van der Waals surface area contributed by atoms with E-state index in [1.54, 1.807) is 0 Å². The number of hydrogen-bond donors (Lipinski definition) is 6. The topological polar surface area (TPSA) is 213 Å². The van der Waals surface area contributed by atoms with Gasteiger partial charge in [-0.25, -0.2) is 0 Å². The number of allylic oxidation sites excluding steroid dienone is 2. The normalized spacial score (nSPS) is 14.8. The summed E-state index contributed by atoms with van der Waals surface area (Å²) in [5.41, 5.74) is 5.34. The summed E-state index contributed by atoms with van der Waals surface area (Å²) in [7, 11) is 0. The van der Waals surface area contributed by atoms with Gasteiger partial charge in [-0.05, 0) is 19.4 Å². The van der Waals surface area contributed by atoms with Crippen LogP contribution in [0.15, 0.2) is 28.7 Å². The highest BCUT2D eigenvalue weighted by Crippen LogP contribution is 2.36. The minimum absolute atomic E-state index is 0.0304. The van der Waals surface area contributed by atoms with Gasteiger partial charge in [-0.2, -0.15) is 0 Å². The van der Waals surface area contributed by atoms with Crippen molar-refractivity contribution in [3.8, 4) is 5.75 Å². The molecule has 0 heterocycles. The number of phenolic OH excluding ortho intramolecular Hbond substituents is 1. The molecule has 2 unspecified atom stereocenters. The van der Waals surface area contributed by atoms with Crippen molar-refractivity contribution in [3.05, 3.63) is 39.8 Å². The number of fused-ring (bicyclic) bond motifs is 1. The average Bonchev–Trinajstić information content (AvgIpc) is 2.78. The van der Waals surface area contributed by atoms with E-state index in [0.29, 0.717) is 0 Å². The molecule has 0 aromatic heterocycles. The van der Waals surface area contributed by atoms with Crippen molar-refractivity contribution in [2.24, 2.45) is 5.73 Å². The van der Waals surface area contributed by atoms with Crippen LogP contribution in [-0.2, 0) is 19.2 Å². The fraction of sp³-hybridized carbons (Fsp3) is 0.333. The van der Waals surface area contributed by atoms with Crippen LogP contribution < -0.4 is 16.4 Å². The highest BCUT2D eigenvalue weighted by Gasteiger charge is 2.33. The summed E-state index contributed by atoms with van der Waals surface area (Å²) < 4.78 is 0. The van der Waals surface area contributed by atoms with Crippen LogP contribution in [0.2, 0.25) is 0 Å². The Bertz CT molecular complexity index is 1080. The molecular formula is C21H23N3O9S. The van der Waals surface area contributed by atoms with Crippen LogP contribution in [-0.4, -0.2) is 75.0 Å². The summed E-state index contributed by atoms with van der Waals surface area (Å²) in [6, 6.07) is 1.50. The monoisotopic (exact) mass is 493 g/mol. The number of aliphatic carboxylic acids is 2. The molecule has 12 nitrogen and oxygen atoms in total. The molecule has 2 atom stereocenters. The number of rotatable bonds is 11. The summed E-state index contributed by atoms with van der Waals surface area (Å²) in [4.78, 5) is 71.8. The maximum Gasteiger partial charge on any atom is 0.322 e. The van der Waals surface area contributed by atoms with Crippen molar-refractivity contribution >= 4 is 47.1 Å². The van der Waals surface area contributed by atoms with Crippen molar-refractivity contribution in [1.29, 1.82) is 0 Å². The van der Waals surface area contributed by atoms with Crippen molar-refractivity contribution < 1.29 is 44.1 Å². The zero-order valence-corrected chi connectivity index (χ0v) is 18.8. The van der Waals surface area contributed by atoms with Crippen molar-refractivity contribution in [1.82, 2.24) is 10.6 Å². The molecule has 0 radical (unpaired) electrons. The summed E-state index contributed by atoms with van der Waals surface area (Å²) in [5.74, 6) is -5.93. The number of carboxylic acids is 2. The number of Topliss-reactive ketones (excluding diaryl/α,β-unsaturated/α-hetero) is 2. The Labute approximate surface area is 197 Å². The molecule has 2 rings (SSSR count). The number of aromatic hydroxyl groups is 1. The summed E-state index contributed by atoms with van der Waals surface area (Å²) in [6.07, 6.45) is -0.522. The number of carboxylic acid groups (broad SMARTS) is 2. The SMILES string of the molecule is CC1=C(SCC(NC(=O)CCC(N)C(=O)O)C(=O)NCC(=O)O)C(=O)c2c(O)cccc2C1=O. The van der Waals surface area contributed by atoms with Gasteiger partial charge in [-0.3, -0.25) is 28.8 Å². The van der Waals surface area contributed by atoms with Crippen molar-refractivity contribution in [2.45, 2.75) is 31.8 Å². The lowest BCUT2D eigenvalue weighted by molar-refractivity contribution is -0.139. The number of nitrogens with two attached hydrogens (primary N) is 1. The number of carbonyl (C=O) groups is 6. The van der Waals surface area contributed by atoms with E-state index in [2.05, 4.69) is 10.6 Å². The molecule has 7 N–H and O–H groups in total. The summed E-state index contributed by atoms with van der Waals surface area (Å²) in [6.45, 7) is 0.696. The molecule has 1 aliphatic carbocycles. The highest BCUT2D eigenvalue weighted by atomic mass is 32.2. The average molecular weight is 493 g/mol. The first-order chi connectivity index (χ1) is 15.9. The zero-order valence-electron chi connectivity index (χ0n) is 18.0. The molecule has 0 aliphatic heterocycles. The smallest absolute Gasteiger partial charge is 0.322 e. The Hall–Kier alpha value is -3.71. The molecule has 34 heavy (non-hydrogen) atoms. The molecule has 0 fully saturated rings. The lowest BCUT2D eigenvalue weighted by Crippen LogP contribution is -2.49. The Morgan fingerprint density at radius 2 is 1.79 bits per heavy atom. The zero-order chi connectivity index (χ0) is 25.6. The number of nitrogens with one attached hydrogen (secondary N) is 2. The number of benzene rings is 1. The minimum Gasteiger partial charge on any atom is -0.507 e. The molecule has 0 saturated carbocycles. The van der Waals surface area contributed by atoms with E-state index in [1.807, 2.05) is 0 Å². The van der Waals surface area contributed by atoms with E-state index < -0.39 is 53.9 Å². The third-order valence-corrected chi connectivity index (χ3v) is 6.14. The van der Waals surface area contributed by atoms with E-state index in [0.717, 1.165) is 11.8 Å². The largest absolute Gasteiger partial charge is 0.507 e. The number of thioether (sulfide) groups is 1. The van der Waals surface area contributed by atoms with Crippen LogP contribution in [0.25, 0.3) is 0 Å². The fourth-order valence-corrected chi connectivity index (χ4v) is 4.15. The number of amides is 2. The van der Waals surface area contributed by atoms with Crippen LogP contribution in [0.3, 0.4) is 0 Å². The van der Waals surface area contributed by atoms with Gasteiger partial charge in [0.2, 0.25) is 17.6 Å². The van der Waals surface area contributed by atoms with Gasteiger partial charge < -0.3 is 31.7 Å². The maximum atomic E-state index is 12.9. The van der Waals surface area contributed by atoms with Crippen LogP contribution in [0.4, 0.5) is 0 Å². The second kappa shape index (κ2) is 11.4. The Kier molecular flexibility index (Phi) is 8.92. The van der Waals surface area contributed by atoms with E-state index in [9.17, 15) is 33.9 Å². The minimum atomic E-state index is -1.32. The molecular weight excluding hydrogens is 470 g/mol. The number of ketones is 2. The Morgan fingerprint density at radius 3 is 2.41 bits per heavy atom. The number of phenols is 1. The van der Waals surface area contributed by atoms with Crippen LogP contribution >= 0.6 is 11.8 Å². The molecule has 2 amide bonds. The van der Waals surface area contributed by atoms with E-state index in [1.165, 1.54) is 25.1 Å². The number of hydrogen-bond acceptors (Lipinski definition) is 9. The van der Waals surface area contributed by atoms with E-state index >= 15 is 0 Å². The predicted molar refractivity (Wildman–Crippen MR) is 119 cm³/mol. The molecule has 0 bridgehead atoms. The first kappa shape index (κ1) is 26.5. The molecule has 0 saturated heterocycles. The van der Waals surface area contributed by atoms with Gasteiger partial charge in [0.25, 0.3) is 0 Å². The third-order valence-electron chi connectivity index (χ3n) is 4.86. The van der Waals surface area contributed by atoms with Gasteiger partial charge >= 0.3 is 11.9 Å². The quantitative estimate of drug-likeness (QED) is 0.234. The lowest BCUT2D eigenvalue weighted by Gasteiger charge is -2.22. The molecule has 182 valence electrons. The third kappa shape index (κ3) is 6.42. The van der Waals surface area contributed by atoms with Crippen molar-refractivity contribution in [2.75, 3.05) is 12.3 Å².